The molecular formula is C22H23F6N7O3. The number of hydrogen-bond acceptors (Lipinski definition) is 7. The van der Waals surface area contributed by atoms with Gasteiger partial charge in [-0.2, -0.15) is 36.5 Å². The molecule has 16 heteroatoms. The maximum absolute atomic E-state index is 13.5. The molecule has 0 saturated carbocycles. The molecule has 0 radical (unpaired) electrons. The molecule has 0 unspecified atom stereocenters. The maximum atomic E-state index is 13.5. The summed E-state index contributed by atoms with van der Waals surface area (Å²) in [6.45, 7) is 3.18. The van der Waals surface area contributed by atoms with Crippen molar-refractivity contribution in [2.24, 2.45) is 0 Å². The van der Waals surface area contributed by atoms with Gasteiger partial charge in [-0.05, 0) is 31.5 Å². The molecule has 0 aliphatic heterocycles. The summed E-state index contributed by atoms with van der Waals surface area (Å²) < 4.78 is 90.9. The van der Waals surface area contributed by atoms with Crippen molar-refractivity contribution in [2.45, 2.75) is 39.3 Å². The number of urea groups is 1. The van der Waals surface area contributed by atoms with Crippen LogP contribution in [0.25, 0.3) is 11.3 Å². The van der Waals surface area contributed by atoms with Crippen LogP contribution >= 0.6 is 0 Å². The predicted octanol–water partition coefficient (Wildman–Crippen LogP) is 4.45. The summed E-state index contributed by atoms with van der Waals surface area (Å²) in [7, 11) is 1.41. The summed E-state index contributed by atoms with van der Waals surface area (Å²) in [5.74, 6) is -0.321. The van der Waals surface area contributed by atoms with Crippen molar-refractivity contribution < 1.29 is 40.6 Å². The number of halogens is 6. The molecule has 0 atom stereocenters. The van der Waals surface area contributed by atoms with Crippen molar-refractivity contribution in [1.82, 2.24) is 30.3 Å². The van der Waals surface area contributed by atoms with E-state index in [-0.39, 0.29) is 54.8 Å². The van der Waals surface area contributed by atoms with Crippen molar-refractivity contribution in [1.29, 1.82) is 0 Å². The third-order valence-electron chi connectivity index (χ3n) is 4.92. The fourth-order valence-corrected chi connectivity index (χ4v) is 3.29. The summed E-state index contributed by atoms with van der Waals surface area (Å²) in [5, 5.41) is 16.0. The summed E-state index contributed by atoms with van der Waals surface area (Å²) in [6.07, 6.45) is -8.30. The van der Waals surface area contributed by atoms with Crippen LogP contribution in [0.2, 0.25) is 0 Å². The topological polar surface area (TPSA) is 116 Å². The average Bonchev–Trinajstić information content (AvgIpc) is 3.25. The van der Waals surface area contributed by atoms with Crippen LogP contribution in [0.5, 0.6) is 5.88 Å². The number of pyridine rings is 1. The Morgan fingerprint density at radius 2 is 1.82 bits per heavy atom. The molecular weight excluding hydrogens is 524 g/mol. The third kappa shape index (κ3) is 7.30. The molecule has 10 nitrogen and oxygen atoms in total. The first-order valence-electron chi connectivity index (χ1n) is 11.1. The van der Waals surface area contributed by atoms with E-state index < -0.39 is 29.8 Å². The molecule has 3 heterocycles. The Morgan fingerprint density at radius 3 is 2.42 bits per heavy atom. The van der Waals surface area contributed by atoms with E-state index in [4.69, 9.17) is 9.47 Å². The number of nitrogens with one attached hydrogen (secondary N) is 2. The quantitative estimate of drug-likeness (QED) is 0.381. The summed E-state index contributed by atoms with van der Waals surface area (Å²) >= 11 is 0. The Hall–Kier alpha value is -3.95. The number of anilines is 1. The Balaban J connectivity index is 1.74. The highest BCUT2D eigenvalue weighted by Crippen LogP contribution is 2.36. The molecule has 0 spiro atoms. The van der Waals surface area contributed by atoms with Crippen LogP contribution < -0.4 is 15.4 Å². The Labute approximate surface area is 212 Å². The largest absolute Gasteiger partial charge is 0.478 e. The number of nitrogens with zero attached hydrogens (tertiary/aromatic N) is 5. The minimum absolute atomic E-state index is 0.0471. The van der Waals surface area contributed by atoms with Crippen molar-refractivity contribution >= 4 is 11.7 Å². The van der Waals surface area contributed by atoms with E-state index in [0.717, 1.165) is 10.7 Å². The molecule has 3 aromatic heterocycles. The average molecular weight is 547 g/mol. The minimum Gasteiger partial charge on any atom is -0.478 e. The van der Waals surface area contributed by atoms with Crippen LogP contribution in [0.15, 0.2) is 24.4 Å². The standard InChI is InChI=1S/C22H23F6N7O3/c1-4-38-17-9-13(8-16(31-17)21(23,24)25)30-20(36)29-10-14-7-12(2)18(33-32-14)15-11-35(5-6-37-3)34-19(15)22(26,27)28/h7-9,11H,4-6,10H2,1-3H3,(H2,29,30,31,36). The zero-order valence-electron chi connectivity index (χ0n) is 20.4. The van der Waals surface area contributed by atoms with Crippen LogP contribution in [0.1, 0.15) is 29.6 Å². The molecule has 0 bridgehead atoms. The highest BCUT2D eigenvalue weighted by Gasteiger charge is 2.38. The molecule has 3 rings (SSSR count). The van der Waals surface area contributed by atoms with Crippen molar-refractivity contribution in [3.63, 3.8) is 0 Å². The summed E-state index contributed by atoms with van der Waals surface area (Å²) in [5.41, 5.74) is -2.37. The highest BCUT2D eigenvalue weighted by molar-refractivity contribution is 5.89. The first kappa shape index (κ1) is 28.6. The fourth-order valence-electron chi connectivity index (χ4n) is 3.29. The second-order valence-electron chi connectivity index (χ2n) is 7.83. The van der Waals surface area contributed by atoms with E-state index in [2.05, 4.69) is 30.9 Å². The van der Waals surface area contributed by atoms with E-state index in [9.17, 15) is 31.1 Å². The maximum Gasteiger partial charge on any atom is 0.435 e. The molecule has 0 aliphatic rings. The SMILES string of the molecule is CCOc1cc(NC(=O)NCc2cc(C)c(-c3cn(CCOC)nc3C(F)(F)F)nn2)cc(C(F)(F)F)n1. The van der Waals surface area contributed by atoms with Gasteiger partial charge in [0.25, 0.3) is 0 Å². The van der Waals surface area contributed by atoms with Gasteiger partial charge in [0.2, 0.25) is 5.88 Å². The number of carbonyl (C=O) groups excluding carboxylic acids is 1. The number of hydrogen-bond donors (Lipinski definition) is 2. The number of carbonyl (C=O) groups is 1. The first-order valence-corrected chi connectivity index (χ1v) is 11.1. The summed E-state index contributed by atoms with van der Waals surface area (Å²) in [6, 6.07) is 2.33. The van der Waals surface area contributed by atoms with E-state index >= 15 is 0 Å². The van der Waals surface area contributed by atoms with Crippen molar-refractivity contribution in [3.05, 3.63) is 47.0 Å². The van der Waals surface area contributed by atoms with Gasteiger partial charge >= 0.3 is 18.4 Å². The fraction of sp³-hybridized carbons (Fsp3) is 0.409. The lowest BCUT2D eigenvalue weighted by Crippen LogP contribution is -2.29. The van der Waals surface area contributed by atoms with E-state index in [1.165, 1.54) is 26.3 Å². The lowest BCUT2D eigenvalue weighted by Gasteiger charge is -2.13. The number of aryl methyl sites for hydroxylation is 1. The smallest absolute Gasteiger partial charge is 0.435 e. The van der Waals surface area contributed by atoms with Gasteiger partial charge in [0.15, 0.2) is 11.4 Å². The van der Waals surface area contributed by atoms with Gasteiger partial charge in [0.05, 0.1) is 43.3 Å². The van der Waals surface area contributed by atoms with Gasteiger partial charge in [0, 0.05) is 25.1 Å². The number of ether oxygens (including phenoxy) is 2. The number of alkyl halides is 6. The second-order valence-corrected chi connectivity index (χ2v) is 7.83. The second kappa shape index (κ2) is 11.6. The zero-order valence-corrected chi connectivity index (χ0v) is 20.4. The van der Waals surface area contributed by atoms with Gasteiger partial charge in [0.1, 0.15) is 0 Å². The first-order chi connectivity index (χ1) is 17.8. The Bertz CT molecular complexity index is 1280. The molecule has 2 N–H and O–H groups in total. The van der Waals surface area contributed by atoms with Crippen LogP contribution in [0, 0.1) is 6.92 Å². The Kier molecular flexibility index (Phi) is 8.75. The molecule has 0 aliphatic carbocycles. The molecule has 0 saturated heterocycles. The van der Waals surface area contributed by atoms with Crippen molar-refractivity contribution in [2.75, 3.05) is 25.6 Å². The molecule has 206 valence electrons. The molecule has 0 fully saturated rings. The van der Waals surface area contributed by atoms with Gasteiger partial charge < -0.3 is 20.1 Å². The predicted molar refractivity (Wildman–Crippen MR) is 121 cm³/mol. The number of aromatic nitrogens is 5. The van der Waals surface area contributed by atoms with E-state index in [1.54, 1.807) is 6.92 Å². The number of rotatable bonds is 9. The van der Waals surface area contributed by atoms with Gasteiger partial charge in [-0.15, -0.1) is 5.10 Å². The summed E-state index contributed by atoms with van der Waals surface area (Å²) in [4.78, 5) is 15.6. The van der Waals surface area contributed by atoms with Crippen LogP contribution in [-0.4, -0.2) is 51.3 Å². The highest BCUT2D eigenvalue weighted by atomic mass is 19.4. The monoisotopic (exact) mass is 547 g/mol. The number of amides is 2. The lowest BCUT2D eigenvalue weighted by molar-refractivity contribution is -0.142. The van der Waals surface area contributed by atoms with Crippen molar-refractivity contribution in [3.8, 4) is 17.1 Å². The van der Waals surface area contributed by atoms with Crippen LogP contribution in [-0.2, 0) is 30.2 Å². The Morgan fingerprint density at radius 1 is 1.08 bits per heavy atom. The van der Waals surface area contributed by atoms with E-state index in [0.29, 0.717) is 11.6 Å². The van der Waals surface area contributed by atoms with Gasteiger partial charge in [-0.25, -0.2) is 9.78 Å². The van der Waals surface area contributed by atoms with Gasteiger partial charge in [-0.1, -0.05) is 0 Å². The molecule has 0 aromatic carbocycles. The number of methoxy groups -OCH3 is 1. The molecule has 3 aromatic rings. The zero-order chi connectivity index (χ0) is 28.1. The van der Waals surface area contributed by atoms with Crippen LogP contribution in [0.3, 0.4) is 0 Å². The molecule has 38 heavy (non-hydrogen) atoms. The van der Waals surface area contributed by atoms with E-state index in [1.807, 2.05) is 0 Å². The minimum atomic E-state index is -4.76. The third-order valence-corrected chi connectivity index (χ3v) is 4.92. The molecule has 2 amide bonds. The van der Waals surface area contributed by atoms with Gasteiger partial charge in [-0.3, -0.25) is 4.68 Å². The normalized spacial score (nSPS) is 11.9. The van der Waals surface area contributed by atoms with Crippen LogP contribution in [0.4, 0.5) is 36.8 Å². The lowest BCUT2D eigenvalue weighted by atomic mass is 10.1.